The quantitative estimate of drug-likeness (QED) is 0.900. The minimum atomic E-state index is -0.317. The number of hydrogen-bond donors (Lipinski definition) is 1. The van der Waals surface area contributed by atoms with Gasteiger partial charge in [-0.25, -0.2) is 4.39 Å². The van der Waals surface area contributed by atoms with Gasteiger partial charge in [-0.2, -0.15) is 5.10 Å². The van der Waals surface area contributed by atoms with Crippen molar-refractivity contribution in [2.24, 2.45) is 0 Å². The Morgan fingerprint density at radius 3 is 2.63 bits per heavy atom. The summed E-state index contributed by atoms with van der Waals surface area (Å²) in [6.07, 6.45) is 3.95. The summed E-state index contributed by atoms with van der Waals surface area (Å²) < 4.78 is 14.8. The van der Waals surface area contributed by atoms with Gasteiger partial charge in [0, 0.05) is 18.7 Å². The van der Waals surface area contributed by atoms with E-state index in [1.54, 1.807) is 6.07 Å². The molecule has 0 aliphatic carbocycles. The van der Waals surface area contributed by atoms with Gasteiger partial charge in [0.05, 0.1) is 23.6 Å². The van der Waals surface area contributed by atoms with E-state index in [0.29, 0.717) is 6.04 Å². The molecule has 0 aliphatic rings. The van der Waals surface area contributed by atoms with E-state index in [-0.39, 0.29) is 11.9 Å². The van der Waals surface area contributed by atoms with Crippen LogP contribution in [0.25, 0.3) is 0 Å². The Hall–Kier alpha value is -1.75. The van der Waals surface area contributed by atoms with Crippen molar-refractivity contribution in [1.29, 1.82) is 0 Å². The van der Waals surface area contributed by atoms with E-state index < -0.39 is 0 Å². The molecule has 2 aromatic heterocycles. The van der Waals surface area contributed by atoms with E-state index in [4.69, 9.17) is 0 Å². The second-order valence-electron chi connectivity index (χ2n) is 4.83. The predicted molar refractivity (Wildman–Crippen MR) is 72.3 cm³/mol. The van der Waals surface area contributed by atoms with Crippen LogP contribution in [0.1, 0.15) is 37.3 Å². The normalized spacial score (nSPS) is 12.9. The number of nitrogens with one attached hydrogen (secondary N) is 1. The molecule has 102 valence electrons. The van der Waals surface area contributed by atoms with Gasteiger partial charge in [-0.05, 0) is 39.1 Å². The molecule has 0 radical (unpaired) electrons. The Morgan fingerprint density at radius 2 is 2.11 bits per heavy atom. The van der Waals surface area contributed by atoms with E-state index in [9.17, 15) is 4.39 Å². The van der Waals surface area contributed by atoms with Gasteiger partial charge >= 0.3 is 0 Å². The molecular weight excluding hydrogens is 243 g/mol. The second kappa shape index (κ2) is 5.93. The van der Waals surface area contributed by atoms with Crippen LogP contribution in [0.5, 0.6) is 0 Å². The minimum Gasteiger partial charge on any atom is -0.311 e. The molecule has 2 heterocycles. The molecule has 1 unspecified atom stereocenters. The van der Waals surface area contributed by atoms with Crippen molar-refractivity contribution in [3.8, 4) is 0 Å². The van der Waals surface area contributed by atoms with Crippen molar-refractivity contribution in [1.82, 2.24) is 20.1 Å². The van der Waals surface area contributed by atoms with Crippen LogP contribution in [0.2, 0.25) is 0 Å². The summed E-state index contributed by atoms with van der Waals surface area (Å²) in [6.45, 7) is 4.18. The highest BCUT2D eigenvalue weighted by atomic mass is 19.1. The Labute approximate surface area is 112 Å². The molecule has 0 spiro atoms. The standard InChI is InChI=1S/C14H19FN4/c1-10(2)19-7-6-12(18-19)8-14(16-3)13-5-4-11(15)9-17-13/h4-7,9-10,14,16H,8H2,1-3H3. The van der Waals surface area contributed by atoms with Gasteiger partial charge < -0.3 is 5.32 Å². The summed E-state index contributed by atoms with van der Waals surface area (Å²) in [7, 11) is 1.87. The minimum absolute atomic E-state index is 0.0381. The van der Waals surface area contributed by atoms with Crippen LogP contribution in [-0.4, -0.2) is 21.8 Å². The number of rotatable bonds is 5. The molecule has 0 aliphatic heterocycles. The molecule has 0 saturated heterocycles. The van der Waals surface area contributed by atoms with Gasteiger partial charge in [-0.3, -0.25) is 9.67 Å². The summed E-state index contributed by atoms with van der Waals surface area (Å²) in [4.78, 5) is 4.12. The highest BCUT2D eigenvalue weighted by molar-refractivity contribution is 5.13. The molecular formula is C14H19FN4. The van der Waals surface area contributed by atoms with E-state index in [1.807, 2.05) is 24.0 Å². The van der Waals surface area contributed by atoms with Gasteiger partial charge in [-0.15, -0.1) is 0 Å². The van der Waals surface area contributed by atoms with E-state index in [0.717, 1.165) is 17.8 Å². The zero-order valence-electron chi connectivity index (χ0n) is 11.5. The predicted octanol–water partition coefficient (Wildman–Crippen LogP) is 2.50. The molecule has 1 atom stereocenters. The van der Waals surface area contributed by atoms with E-state index in [2.05, 4.69) is 29.2 Å². The molecule has 19 heavy (non-hydrogen) atoms. The molecule has 0 aromatic carbocycles. The van der Waals surface area contributed by atoms with Crippen LogP contribution in [0.3, 0.4) is 0 Å². The first kappa shape index (κ1) is 13.7. The Morgan fingerprint density at radius 1 is 1.32 bits per heavy atom. The Bertz CT molecular complexity index is 518. The zero-order chi connectivity index (χ0) is 13.8. The average molecular weight is 262 g/mol. The molecule has 0 amide bonds. The molecule has 5 heteroatoms. The zero-order valence-corrected chi connectivity index (χ0v) is 11.5. The van der Waals surface area contributed by atoms with Gasteiger partial charge in [-0.1, -0.05) is 0 Å². The number of pyridine rings is 1. The largest absolute Gasteiger partial charge is 0.311 e. The molecule has 4 nitrogen and oxygen atoms in total. The molecule has 0 bridgehead atoms. The molecule has 2 aromatic rings. The first-order valence-corrected chi connectivity index (χ1v) is 6.43. The summed E-state index contributed by atoms with van der Waals surface area (Å²) >= 11 is 0. The summed E-state index contributed by atoms with van der Waals surface area (Å²) in [5, 5.41) is 7.71. The van der Waals surface area contributed by atoms with Gasteiger partial charge in [0.25, 0.3) is 0 Å². The second-order valence-corrected chi connectivity index (χ2v) is 4.83. The van der Waals surface area contributed by atoms with Crippen LogP contribution in [-0.2, 0) is 6.42 Å². The first-order valence-electron chi connectivity index (χ1n) is 6.43. The van der Waals surface area contributed by atoms with Crippen molar-refractivity contribution < 1.29 is 4.39 Å². The summed E-state index contributed by atoms with van der Waals surface area (Å²) in [6, 6.07) is 5.53. The SMILES string of the molecule is CNC(Cc1ccn(C(C)C)n1)c1ccc(F)cn1. The first-order chi connectivity index (χ1) is 9.10. The lowest BCUT2D eigenvalue weighted by Gasteiger charge is -2.14. The van der Waals surface area contributed by atoms with Gasteiger partial charge in [0.1, 0.15) is 5.82 Å². The molecule has 0 saturated carbocycles. The van der Waals surface area contributed by atoms with Crippen LogP contribution >= 0.6 is 0 Å². The van der Waals surface area contributed by atoms with Crippen molar-refractivity contribution >= 4 is 0 Å². The van der Waals surface area contributed by atoms with Crippen LogP contribution in [0.4, 0.5) is 4.39 Å². The number of likely N-dealkylation sites (N-methyl/N-ethyl adjacent to an activating group) is 1. The molecule has 1 N–H and O–H groups in total. The third-order valence-electron chi connectivity index (χ3n) is 3.06. The van der Waals surface area contributed by atoms with Crippen molar-refractivity contribution in [3.05, 3.63) is 47.8 Å². The van der Waals surface area contributed by atoms with Crippen molar-refractivity contribution in [3.63, 3.8) is 0 Å². The fourth-order valence-corrected chi connectivity index (χ4v) is 1.93. The van der Waals surface area contributed by atoms with Crippen LogP contribution in [0.15, 0.2) is 30.6 Å². The number of halogens is 1. The van der Waals surface area contributed by atoms with E-state index >= 15 is 0 Å². The monoisotopic (exact) mass is 262 g/mol. The third-order valence-corrected chi connectivity index (χ3v) is 3.06. The van der Waals surface area contributed by atoms with Crippen LogP contribution in [0, 0.1) is 5.82 Å². The molecule has 2 rings (SSSR count). The highest BCUT2D eigenvalue weighted by Crippen LogP contribution is 2.16. The Kier molecular flexibility index (Phi) is 4.27. The topological polar surface area (TPSA) is 42.7 Å². The highest BCUT2D eigenvalue weighted by Gasteiger charge is 2.13. The lowest BCUT2D eigenvalue weighted by molar-refractivity contribution is 0.511. The fourth-order valence-electron chi connectivity index (χ4n) is 1.93. The third kappa shape index (κ3) is 3.38. The summed E-state index contributed by atoms with van der Waals surface area (Å²) in [5.74, 6) is -0.317. The summed E-state index contributed by atoms with van der Waals surface area (Å²) in [5.41, 5.74) is 1.82. The average Bonchev–Trinajstić information content (AvgIpc) is 2.86. The fraction of sp³-hybridized carbons (Fsp3) is 0.429. The van der Waals surface area contributed by atoms with Crippen molar-refractivity contribution in [2.45, 2.75) is 32.4 Å². The lowest BCUT2D eigenvalue weighted by Crippen LogP contribution is -2.20. The maximum atomic E-state index is 12.9. The smallest absolute Gasteiger partial charge is 0.141 e. The number of aromatic nitrogens is 3. The molecule has 0 fully saturated rings. The maximum Gasteiger partial charge on any atom is 0.141 e. The number of nitrogens with zero attached hydrogens (tertiary/aromatic N) is 3. The van der Waals surface area contributed by atoms with Crippen molar-refractivity contribution in [2.75, 3.05) is 7.05 Å². The maximum absolute atomic E-state index is 12.9. The number of hydrogen-bond acceptors (Lipinski definition) is 3. The Balaban J connectivity index is 2.12. The van der Waals surface area contributed by atoms with E-state index in [1.165, 1.54) is 12.3 Å². The van der Waals surface area contributed by atoms with Crippen LogP contribution < -0.4 is 5.32 Å². The van der Waals surface area contributed by atoms with Gasteiger partial charge in [0.15, 0.2) is 0 Å². The lowest BCUT2D eigenvalue weighted by atomic mass is 10.1. The van der Waals surface area contributed by atoms with Gasteiger partial charge in [0.2, 0.25) is 0 Å².